The van der Waals surface area contributed by atoms with Gasteiger partial charge in [0.05, 0.1) is 12.5 Å². The summed E-state index contributed by atoms with van der Waals surface area (Å²) < 4.78 is 0. The lowest BCUT2D eigenvalue weighted by molar-refractivity contribution is 0.906. The molecule has 0 aromatic heterocycles. The van der Waals surface area contributed by atoms with Crippen LogP contribution in [0.1, 0.15) is 6.42 Å². The third-order valence-corrected chi connectivity index (χ3v) is 0.909. The normalized spacial score (nSPS) is 10.1. The van der Waals surface area contributed by atoms with E-state index in [2.05, 4.69) is 10.6 Å². The molecular formula is C6H11N3. The molecule has 0 fully saturated rings. The number of allylic oxidation sites excluding steroid dienone is 1. The van der Waals surface area contributed by atoms with E-state index in [0.29, 0.717) is 6.42 Å². The van der Waals surface area contributed by atoms with Gasteiger partial charge in [-0.2, -0.15) is 5.26 Å². The van der Waals surface area contributed by atoms with Gasteiger partial charge in [-0.1, -0.05) is 0 Å². The third kappa shape index (κ3) is 3.42. The summed E-state index contributed by atoms with van der Waals surface area (Å²) in [5, 5.41) is 13.9. The Labute approximate surface area is 55.4 Å². The van der Waals surface area contributed by atoms with E-state index in [1.54, 1.807) is 20.3 Å². The van der Waals surface area contributed by atoms with Gasteiger partial charge < -0.3 is 10.6 Å². The molecule has 0 atom stereocenters. The summed E-state index contributed by atoms with van der Waals surface area (Å²) in [6.45, 7) is 0. The van der Waals surface area contributed by atoms with Crippen molar-refractivity contribution in [1.29, 1.82) is 5.26 Å². The SMILES string of the molecule is CN/C=C(/CC#N)NC. The van der Waals surface area contributed by atoms with E-state index >= 15 is 0 Å². The van der Waals surface area contributed by atoms with Crippen molar-refractivity contribution in [3.63, 3.8) is 0 Å². The minimum absolute atomic E-state index is 0.428. The van der Waals surface area contributed by atoms with Gasteiger partial charge in [-0.15, -0.1) is 0 Å². The highest BCUT2D eigenvalue weighted by molar-refractivity contribution is 5.03. The highest BCUT2D eigenvalue weighted by Crippen LogP contribution is 1.89. The lowest BCUT2D eigenvalue weighted by atomic mass is 10.3. The van der Waals surface area contributed by atoms with Crippen molar-refractivity contribution in [2.45, 2.75) is 6.42 Å². The minimum atomic E-state index is 0.428. The Bertz CT molecular complexity index is 132. The summed E-state index contributed by atoms with van der Waals surface area (Å²) in [7, 11) is 3.59. The standard InChI is InChI=1S/C6H11N3/c1-8-5-6(9-2)3-4-7/h5,8-9H,3H2,1-2H3/b6-5-. The first-order chi connectivity index (χ1) is 4.35. The van der Waals surface area contributed by atoms with Gasteiger partial charge in [0.15, 0.2) is 0 Å². The van der Waals surface area contributed by atoms with E-state index in [1.165, 1.54) is 0 Å². The van der Waals surface area contributed by atoms with Gasteiger partial charge in [0.25, 0.3) is 0 Å². The average molecular weight is 125 g/mol. The van der Waals surface area contributed by atoms with Crippen LogP contribution in [-0.2, 0) is 0 Å². The topological polar surface area (TPSA) is 47.9 Å². The lowest BCUT2D eigenvalue weighted by Gasteiger charge is -1.99. The Balaban J connectivity index is 3.70. The monoisotopic (exact) mass is 125 g/mol. The van der Waals surface area contributed by atoms with Crippen LogP contribution in [0.25, 0.3) is 0 Å². The number of nitrogens with zero attached hydrogens (tertiary/aromatic N) is 1. The third-order valence-electron chi connectivity index (χ3n) is 0.909. The molecule has 3 nitrogen and oxygen atoms in total. The van der Waals surface area contributed by atoms with Gasteiger partial charge >= 0.3 is 0 Å². The second-order valence-corrected chi connectivity index (χ2v) is 1.54. The molecule has 3 heteroatoms. The summed E-state index contributed by atoms with van der Waals surface area (Å²) >= 11 is 0. The molecule has 0 amide bonds. The molecule has 0 radical (unpaired) electrons. The number of nitriles is 1. The van der Waals surface area contributed by atoms with E-state index in [0.717, 1.165) is 5.70 Å². The van der Waals surface area contributed by atoms with E-state index in [9.17, 15) is 0 Å². The molecule has 0 aliphatic carbocycles. The van der Waals surface area contributed by atoms with Crippen LogP contribution >= 0.6 is 0 Å². The van der Waals surface area contributed by atoms with Crippen LogP contribution in [-0.4, -0.2) is 14.1 Å². The Kier molecular flexibility index (Phi) is 4.33. The second-order valence-electron chi connectivity index (χ2n) is 1.54. The average Bonchev–Trinajstić information content (AvgIpc) is 1.88. The second kappa shape index (κ2) is 4.98. The maximum absolute atomic E-state index is 8.24. The molecular weight excluding hydrogens is 114 g/mol. The summed E-state index contributed by atoms with van der Waals surface area (Å²) in [5.41, 5.74) is 0.903. The number of hydrogen-bond acceptors (Lipinski definition) is 3. The zero-order valence-corrected chi connectivity index (χ0v) is 5.73. The maximum atomic E-state index is 8.24. The van der Waals surface area contributed by atoms with Gasteiger partial charge in [0.1, 0.15) is 0 Å². The Morgan fingerprint density at radius 2 is 2.33 bits per heavy atom. The highest BCUT2D eigenvalue weighted by atomic mass is 14.9. The number of nitrogens with one attached hydrogen (secondary N) is 2. The Morgan fingerprint density at radius 3 is 2.67 bits per heavy atom. The van der Waals surface area contributed by atoms with Crippen LogP contribution in [0, 0.1) is 11.3 Å². The fourth-order valence-electron chi connectivity index (χ4n) is 0.471. The first-order valence-electron chi connectivity index (χ1n) is 2.76. The van der Waals surface area contributed by atoms with Crippen LogP contribution in [0.15, 0.2) is 11.9 Å². The first-order valence-corrected chi connectivity index (χ1v) is 2.76. The molecule has 9 heavy (non-hydrogen) atoms. The molecule has 0 spiro atoms. The van der Waals surface area contributed by atoms with E-state index in [4.69, 9.17) is 5.26 Å². The quantitative estimate of drug-likeness (QED) is 0.565. The van der Waals surface area contributed by atoms with Crippen molar-refractivity contribution in [3.8, 4) is 6.07 Å². The van der Waals surface area contributed by atoms with Crippen molar-refractivity contribution in [1.82, 2.24) is 10.6 Å². The molecule has 0 aromatic carbocycles. The predicted octanol–water partition coefficient (Wildman–Crippen LogP) is 0.180. The minimum Gasteiger partial charge on any atom is -0.393 e. The molecule has 50 valence electrons. The number of rotatable bonds is 3. The van der Waals surface area contributed by atoms with Crippen LogP contribution < -0.4 is 10.6 Å². The Morgan fingerprint density at radius 1 is 1.67 bits per heavy atom. The van der Waals surface area contributed by atoms with Crippen molar-refractivity contribution < 1.29 is 0 Å². The lowest BCUT2D eigenvalue weighted by Crippen LogP contribution is -2.08. The smallest absolute Gasteiger partial charge is 0.0763 e. The van der Waals surface area contributed by atoms with Crippen LogP contribution in [0.2, 0.25) is 0 Å². The van der Waals surface area contributed by atoms with Crippen molar-refractivity contribution in [2.24, 2.45) is 0 Å². The fourth-order valence-corrected chi connectivity index (χ4v) is 0.471. The van der Waals surface area contributed by atoms with Crippen LogP contribution in [0.4, 0.5) is 0 Å². The van der Waals surface area contributed by atoms with Crippen molar-refractivity contribution in [3.05, 3.63) is 11.9 Å². The van der Waals surface area contributed by atoms with Crippen molar-refractivity contribution >= 4 is 0 Å². The molecule has 0 unspecified atom stereocenters. The summed E-state index contributed by atoms with van der Waals surface area (Å²) in [4.78, 5) is 0. The largest absolute Gasteiger partial charge is 0.393 e. The summed E-state index contributed by atoms with van der Waals surface area (Å²) in [5.74, 6) is 0. The van der Waals surface area contributed by atoms with E-state index in [-0.39, 0.29) is 0 Å². The summed E-state index contributed by atoms with van der Waals surface area (Å²) in [6.07, 6.45) is 2.20. The van der Waals surface area contributed by atoms with Gasteiger partial charge in [-0.05, 0) is 0 Å². The zero-order chi connectivity index (χ0) is 7.11. The molecule has 0 heterocycles. The van der Waals surface area contributed by atoms with Gasteiger partial charge in [0, 0.05) is 26.0 Å². The molecule has 0 bridgehead atoms. The zero-order valence-electron chi connectivity index (χ0n) is 5.73. The predicted molar refractivity (Wildman–Crippen MR) is 36.4 cm³/mol. The van der Waals surface area contributed by atoms with Gasteiger partial charge in [-0.3, -0.25) is 0 Å². The molecule has 0 aliphatic heterocycles. The first kappa shape index (κ1) is 7.83. The molecule has 0 aliphatic rings. The van der Waals surface area contributed by atoms with E-state index < -0.39 is 0 Å². The van der Waals surface area contributed by atoms with E-state index in [1.807, 2.05) is 6.07 Å². The molecule has 0 aromatic rings. The van der Waals surface area contributed by atoms with Crippen LogP contribution in [0.3, 0.4) is 0 Å². The van der Waals surface area contributed by atoms with Gasteiger partial charge in [-0.25, -0.2) is 0 Å². The maximum Gasteiger partial charge on any atom is 0.0763 e. The molecule has 0 rings (SSSR count). The molecule has 0 saturated carbocycles. The summed E-state index contributed by atoms with van der Waals surface area (Å²) in [6, 6.07) is 2.03. The van der Waals surface area contributed by atoms with Crippen LogP contribution in [0.5, 0.6) is 0 Å². The Hall–Kier alpha value is -1.17. The number of hydrogen-bond donors (Lipinski definition) is 2. The molecule has 0 saturated heterocycles. The fraction of sp³-hybridized carbons (Fsp3) is 0.500. The van der Waals surface area contributed by atoms with Crippen molar-refractivity contribution in [2.75, 3.05) is 14.1 Å². The van der Waals surface area contributed by atoms with Gasteiger partial charge in [0.2, 0.25) is 0 Å². The molecule has 2 N–H and O–H groups in total. The highest BCUT2D eigenvalue weighted by Gasteiger charge is 1.87.